The second-order valence-corrected chi connectivity index (χ2v) is 6.18. The minimum atomic E-state index is -0.531. The molecule has 0 bridgehead atoms. The van der Waals surface area contributed by atoms with Crippen LogP contribution in [-0.2, 0) is 6.42 Å². The van der Waals surface area contributed by atoms with E-state index < -0.39 is 6.10 Å². The maximum Gasteiger partial charge on any atom is 0.125 e. The van der Waals surface area contributed by atoms with Crippen LogP contribution < -0.4 is 4.74 Å². The molecule has 0 saturated heterocycles. The molecule has 0 aromatic heterocycles. The SMILES string of the molecule is C[C@H](O)c1cc(Br)ccc1OCC1Cc2ccccc21. The summed E-state index contributed by atoms with van der Waals surface area (Å²) in [6.45, 7) is 2.42. The zero-order valence-electron chi connectivity index (χ0n) is 11.3. The summed E-state index contributed by atoms with van der Waals surface area (Å²) in [5.41, 5.74) is 3.64. The predicted octanol–water partition coefficient (Wildman–Crippen LogP) is 4.22. The van der Waals surface area contributed by atoms with Crippen LogP contribution in [0.15, 0.2) is 46.9 Å². The quantitative estimate of drug-likeness (QED) is 0.908. The van der Waals surface area contributed by atoms with Crippen molar-refractivity contribution in [2.75, 3.05) is 6.61 Å². The minimum Gasteiger partial charge on any atom is -0.493 e. The Morgan fingerprint density at radius 1 is 1.30 bits per heavy atom. The lowest BCUT2D eigenvalue weighted by molar-refractivity contribution is 0.188. The molecule has 104 valence electrons. The molecule has 0 saturated carbocycles. The molecule has 20 heavy (non-hydrogen) atoms. The van der Waals surface area contributed by atoms with Gasteiger partial charge in [-0.1, -0.05) is 40.2 Å². The Hall–Kier alpha value is -1.32. The summed E-state index contributed by atoms with van der Waals surface area (Å²) < 4.78 is 6.89. The van der Waals surface area contributed by atoms with Crippen LogP contribution in [0.2, 0.25) is 0 Å². The standard InChI is InChI=1S/C17H17BrO2/c1-11(19)16-9-14(18)6-7-17(16)20-10-13-8-12-4-2-3-5-15(12)13/h2-7,9,11,13,19H,8,10H2,1H3/t11-,13?/m0/s1. The van der Waals surface area contributed by atoms with Crippen molar-refractivity contribution in [2.45, 2.75) is 25.4 Å². The Morgan fingerprint density at radius 3 is 2.85 bits per heavy atom. The van der Waals surface area contributed by atoms with Crippen LogP contribution in [0.1, 0.15) is 35.6 Å². The van der Waals surface area contributed by atoms with Crippen molar-refractivity contribution in [2.24, 2.45) is 0 Å². The van der Waals surface area contributed by atoms with Crippen molar-refractivity contribution in [1.29, 1.82) is 0 Å². The second-order valence-electron chi connectivity index (χ2n) is 5.27. The highest BCUT2D eigenvalue weighted by atomic mass is 79.9. The van der Waals surface area contributed by atoms with Gasteiger partial charge in [0.25, 0.3) is 0 Å². The maximum atomic E-state index is 9.82. The van der Waals surface area contributed by atoms with Crippen molar-refractivity contribution in [1.82, 2.24) is 0 Å². The molecule has 1 aliphatic carbocycles. The van der Waals surface area contributed by atoms with E-state index in [-0.39, 0.29) is 0 Å². The summed E-state index contributed by atoms with van der Waals surface area (Å²) >= 11 is 3.42. The lowest BCUT2D eigenvalue weighted by atomic mass is 9.78. The molecule has 2 aromatic carbocycles. The van der Waals surface area contributed by atoms with Gasteiger partial charge in [0, 0.05) is 16.0 Å². The Morgan fingerprint density at radius 2 is 2.10 bits per heavy atom. The zero-order valence-corrected chi connectivity index (χ0v) is 12.9. The number of benzene rings is 2. The van der Waals surface area contributed by atoms with Gasteiger partial charge in [-0.3, -0.25) is 0 Å². The van der Waals surface area contributed by atoms with E-state index >= 15 is 0 Å². The second kappa shape index (κ2) is 5.58. The lowest BCUT2D eigenvalue weighted by Gasteiger charge is -2.30. The molecule has 0 aliphatic heterocycles. The molecule has 2 nitrogen and oxygen atoms in total. The van der Waals surface area contributed by atoms with Crippen molar-refractivity contribution in [3.63, 3.8) is 0 Å². The molecule has 1 aliphatic rings. The third-order valence-corrected chi connectivity index (χ3v) is 4.32. The number of hydrogen-bond donors (Lipinski definition) is 1. The highest BCUT2D eigenvalue weighted by Gasteiger charge is 2.26. The third-order valence-electron chi connectivity index (χ3n) is 3.82. The Balaban J connectivity index is 1.71. The van der Waals surface area contributed by atoms with Crippen molar-refractivity contribution >= 4 is 15.9 Å². The molecule has 0 spiro atoms. The topological polar surface area (TPSA) is 29.5 Å². The number of aliphatic hydroxyl groups is 1. The molecule has 3 heteroatoms. The van der Waals surface area contributed by atoms with E-state index in [1.54, 1.807) is 6.92 Å². The summed E-state index contributed by atoms with van der Waals surface area (Å²) in [6.07, 6.45) is 0.549. The number of fused-ring (bicyclic) bond motifs is 1. The van der Waals surface area contributed by atoms with E-state index in [0.29, 0.717) is 12.5 Å². The Bertz CT molecular complexity index is 622. The van der Waals surface area contributed by atoms with Crippen LogP contribution in [0.3, 0.4) is 0 Å². The number of hydrogen-bond acceptors (Lipinski definition) is 2. The number of aliphatic hydroxyl groups excluding tert-OH is 1. The molecule has 0 heterocycles. The van der Waals surface area contributed by atoms with E-state index in [4.69, 9.17) is 4.74 Å². The smallest absolute Gasteiger partial charge is 0.125 e. The summed E-state index contributed by atoms with van der Waals surface area (Å²) in [5, 5.41) is 9.82. The first-order chi connectivity index (χ1) is 9.65. The van der Waals surface area contributed by atoms with Gasteiger partial charge >= 0.3 is 0 Å². The van der Waals surface area contributed by atoms with Crippen LogP contribution in [0, 0.1) is 0 Å². The van der Waals surface area contributed by atoms with E-state index in [1.807, 2.05) is 18.2 Å². The van der Waals surface area contributed by atoms with Gasteiger partial charge in [-0.15, -0.1) is 0 Å². The van der Waals surface area contributed by atoms with Crippen molar-refractivity contribution < 1.29 is 9.84 Å². The van der Waals surface area contributed by atoms with E-state index in [2.05, 4.69) is 40.2 Å². The Labute approximate surface area is 127 Å². The van der Waals surface area contributed by atoms with Gasteiger partial charge in [-0.2, -0.15) is 0 Å². The molecule has 0 amide bonds. The van der Waals surface area contributed by atoms with Crippen molar-refractivity contribution in [3.05, 3.63) is 63.6 Å². The fourth-order valence-corrected chi connectivity index (χ4v) is 3.06. The van der Waals surface area contributed by atoms with E-state index in [9.17, 15) is 5.11 Å². The average molecular weight is 333 g/mol. The fraction of sp³-hybridized carbons (Fsp3) is 0.294. The van der Waals surface area contributed by atoms with E-state index in [1.165, 1.54) is 11.1 Å². The third kappa shape index (κ3) is 2.60. The van der Waals surface area contributed by atoms with Crippen LogP contribution in [0.4, 0.5) is 0 Å². The monoisotopic (exact) mass is 332 g/mol. The van der Waals surface area contributed by atoms with Crippen LogP contribution >= 0.6 is 15.9 Å². The molecule has 0 radical (unpaired) electrons. The summed E-state index contributed by atoms with van der Waals surface area (Å²) in [7, 11) is 0. The molecule has 2 atom stereocenters. The molecule has 2 aromatic rings. The lowest BCUT2D eigenvalue weighted by Crippen LogP contribution is -2.23. The molecular weight excluding hydrogens is 316 g/mol. The molecule has 1 unspecified atom stereocenters. The van der Waals surface area contributed by atoms with Gasteiger partial charge in [0.2, 0.25) is 0 Å². The zero-order chi connectivity index (χ0) is 14.1. The first kappa shape index (κ1) is 13.7. The van der Waals surface area contributed by atoms with Gasteiger partial charge in [0.15, 0.2) is 0 Å². The first-order valence-corrected chi connectivity index (χ1v) is 7.62. The summed E-state index contributed by atoms with van der Waals surface area (Å²) in [6, 6.07) is 14.3. The molecule has 1 N–H and O–H groups in total. The number of rotatable bonds is 4. The van der Waals surface area contributed by atoms with Gasteiger partial charge in [0.1, 0.15) is 5.75 Å². The van der Waals surface area contributed by atoms with E-state index in [0.717, 1.165) is 22.2 Å². The van der Waals surface area contributed by atoms with Crippen LogP contribution in [0.5, 0.6) is 5.75 Å². The van der Waals surface area contributed by atoms with Crippen LogP contribution in [-0.4, -0.2) is 11.7 Å². The van der Waals surface area contributed by atoms with Gasteiger partial charge in [0.05, 0.1) is 12.7 Å². The largest absolute Gasteiger partial charge is 0.493 e. The average Bonchev–Trinajstić information content (AvgIpc) is 2.41. The first-order valence-electron chi connectivity index (χ1n) is 6.83. The van der Waals surface area contributed by atoms with Crippen molar-refractivity contribution in [3.8, 4) is 5.75 Å². The predicted molar refractivity (Wildman–Crippen MR) is 83.2 cm³/mol. The highest BCUT2D eigenvalue weighted by Crippen LogP contribution is 2.36. The Kier molecular flexibility index (Phi) is 3.81. The molecule has 0 fully saturated rings. The van der Waals surface area contributed by atoms with Gasteiger partial charge in [-0.05, 0) is 42.7 Å². The van der Waals surface area contributed by atoms with Gasteiger partial charge in [-0.25, -0.2) is 0 Å². The summed E-state index contributed by atoms with van der Waals surface area (Å²) in [5.74, 6) is 1.24. The normalized spacial score (nSPS) is 18.1. The molecule has 3 rings (SSSR count). The molecular formula is C17H17BrO2. The fourth-order valence-electron chi connectivity index (χ4n) is 2.68. The minimum absolute atomic E-state index is 0.469. The summed E-state index contributed by atoms with van der Waals surface area (Å²) in [4.78, 5) is 0. The van der Waals surface area contributed by atoms with Crippen LogP contribution in [0.25, 0.3) is 0 Å². The van der Waals surface area contributed by atoms with Gasteiger partial charge < -0.3 is 9.84 Å². The number of halogens is 1. The highest BCUT2D eigenvalue weighted by molar-refractivity contribution is 9.10. The number of ether oxygens (including phenoxy) is 1. The maximum absolute atomic E-state index is 9.82.